The molecule has 0 saturated carbocycles. The topological polar surface area (TPSA) is 49.6 Å². The number of fused-ring (bicyclic) bond motifs is 1. The molecule has 1 amide bonds. The van der Waals surface area contributed by atoms with Gasteiger partial charge in [0.05, 0.1) is 0 Å². The van der Waals surface area contributed by atoms with Gasteiger partial charge in [0.1, 0.15) is 11.6 Å². The molecule has 1 aromatic carbocycles. The highest BCUT2D eigenvalue weighted by Gasteiger charge is 2.35. The number of oxazole rings is 1. The molecule has 1 atom stereocenters. The first-order valence-electron chi connectivity index (χ1n) is 7.65. The smallest absolute Gasteiger partial charge is 0.299 e. The second-order valence-electron chi connectivity index (χ2n) is 5.33. The van der Waals surface area contributed by atoms with Gasteiger partial charge < -0.3 is 14.2 Å². The minimum absolute atomic E-state index is 0.141. The number of hydrogen-bond donors (Lipinski definition) is 0. The zero-order valence-electron chi connectivity index (χ0n) is 12.6. The maximum atomic E-state index is 12.6. The minimum Gasteiger partial charge on any atom is -0.423 e. The Morgan fingerprint density at radius 1 is 1.38 bits per heavy atom. The van der Waals surface area contributed by atoms with Crippen LogP contribution in [0.4, 0.5) is 6.01 Å². The van der Waals surface area contributed by atoms with Gasteiger partial charge in [-0.15, -0.1) is 0 Å². The first-order chi connectivity index (χ1) is 10.2. The summed E-state index contributed by atoms with van der Waals surface area (Å²) in [7, 11) is 0. The molecule has 112 valence electrons. The summed E-state index contributed by atoms with van der Waals surface area (Å²) in [5.41, 5.74) is 1.61. The summed E-state index contributed by atoms with van der Waals surface area (Å²) in [6.07, 6.45) is 1.87. The van der Waals surface area contributed by atoms with Crippen LogP contribution in [0.3, 0.4) is 0 Å². The average Bonchev–Trinajstić information content (AvgIpc) is 3.14. The van der Waals surface area contributed by atoms with Gasteiger partial charge in [-0.3, -0.25) is 4.79 Å². The van der Waals surface area contributed by atoms with Gasteiger partial charge in [0.25, 0.3) is 6.01 Å². The molecule has 0 bridgehead atoms. The molecule has 2 aromatic rings. The molecular formula is C16H21N3O2. The Morgan fingerprint density at radius 2 is 2.14 bits per heavy atom. The highest BCUT2D eigenvalue weighted by molar-refractivity contribution is 5.86. The molecule has 0 radical (unpaired) electrons. The van der Waals surface area contributed by atoms with Crippen molar-refractivity contribution in [2.24, 2.45) is 0 Å². The molecular weight excluding hydrogens is 266 g/mol. The van der Waals surface area contributed by atoms with Crippen LogP contribution in [-0.4, -0.2) is 41.5 Å². The molecule has 1 aliphatic rings. The van der Waals surface area contributed by atoms with Crippen molar-refractivity contribution in [1.82, 2.24) is 9.88 Å². The maximum absolute atomic E-state index is 12.6. The van der Waals surface area contributed by atoms with Gasteiger partial charge in [-0.1, -0.05) is 12.1 Å². The summed E-state index contributed by atoms with van der Waals surface area (Å²) in [5.74, 6) is 0.180. The molecule has 1 unspecified atom stereocenters. The third kappa shape index (κ3) is 2.48. The van der Waals surface area contributed by atoms with Crippen molar-refractivity contribution >= 4 is 23.0 Å². The van der Waals surface area contributed by atoms with Gasteiger partial charge in [0, 0.05) is 19.6 Å². The molecule has 0 N–H and O–H groups in total. The number of amides is 1. The third-order valence-electron chi connectivity index (χ3n) is 4.14. The molecule has 5 nitrogen and oxygen atoms in total. The Hall–Kier alpha value is -2.04. The number of carbonyl (C=O) groups excluding carboxylic acids is 1. The summed E-state index contributed by atoms with van der Waals surface area (Å²) in [6, 6.07) is 8.14. The maximum Gasteiger partial charge on any atom is 0.299 e. The molecule has 1 saturated heterocycles. The monoisotopic (exact) mass is 287 g/mol. The van der Waals surface area contributed by atoms with Crippen LogP contribution >= 0.6 is 0 Å². The van der Waals surface area contributed by atoms with Crippen LogP contribution in [0.5, 0.6) is 0 Å². The number of hydrogen-bond acceptors (Lipinski definition) is 4. The molecule has 0 aliphatic carbocycles. The molecule has 2 heterocycles. The number of para-hydroxylation sites is 2. The van der Waals surface area contributed by atoms with Crippen LogP contribution in [0.15, 0.2) is 28.7 Å². The van der Waals surface area contributed by atoms with Crippen LogP contribution in [0.1, 0.15) is 26.7 Å². The van der Waals surface area contributed by atoms with E-state index in [1.165, 1.54) is 0 Å². The Bertz CT molecular complexity index is 600. The molecule has 1 fully saturated rings. The van der Waals surface area contributed by atoms with Gasteiger partial charge >= 0.3 is 0 Å². The fourth-order valence-electron chi connectivity index (χ4n) is 2.98. The normalized spacial score (nSPS) is 18.4. The molecule has 1 aliphatic heterocycles. The number of benzene rings is 1. The number of nitrogens with zero attached hydrogens (tertiary/aromatic N) is 3. The third-order valence-corrected chi connectivity index (χ3v) is 4.14. The second kappa shape index (κ2) is 5.76. The van der Waals surface area contributed by atoms with Gasteiger partial charge in [-0.25, -0.2) is 0 Å². The van der Waals surface area contributed by atoms with E-state index in [0.29, 0.717) is 6.01 Å². The highest BCUT2D eigenvalue weighted by Crippen LogP contribution is 2.29. The fraction of sp³-hybridized carbons (Fsp3) is 0.500. The van der Waals surface area contributed by atoms with Gasteiger partial charge in [-0.2, -0.15) is 4.98 Å². The lowest BCUT2D eigenvalue weighted by Gasteiger charge is -2.27. The van der Waals surface area contributed by atoms with Crippen molar-refractivity contribution in [3.63, 3.8) is 0 Å². The number of rotatable bonds is 4. The predicted molar refractivity (Wildman–Crippen MR) is 82.3 cm³/mol. The predicted octanol–water partition coefficient (Wildman–Crippen LogP) is 2.67. The SMILES string of the molecule is CCN(CC)C(=O)C1CCCN1c1nc2ccccc2o1. The number of likely N-dealkylation sites (N-methyl/N-ethyl adjacent to an activating group) is 1. The van der Waals surface area contributed by atoms with Crippen LogP contribution in [0.25, 0.3) is 11.1 Å². The first kappa shape index (κ1) is 13.9. The fourth-order valence-corrected chi connectivity index (χ4v) is 2.98. The quantitative estimate of drug-likeness (QED) is 0.867. The van der Waals surface area contributed by atoms with Gasteiger partial charge in [-0.05, 0) is 38.8 Å². The lowest BCUT2D eigenvalue weighted by Crippen LogP contribution is -2.45. The Morgan fingerprint density at radius 3 is 2.86 bits per heavy atom. The molecule has 21 heavy (non-hydrogen) atoms. The lowest BCUT2D eigenvalue weighted by atomic mass is 10.2. The van der Waals surface area contributed by atoms with Crippen molar-refractivity contribution in [2.75, 3.05) is 24.5 Å². The zero-order valence-corrected chi connectivity index (χ0v) is 12.6. The lowest BCUT2D eigenvalue weighted by molar-refractivity contribution is -0.132. The van der Waals surface area contributed by atoms with Crippen LogP contribution < -0.4 is 4.90 Å². The Labute approximate surface area is 124 Å². The summed E-state index contributed by atoms with van der Waals surface area (Å²) in [5, 5.41) is 0. The number of carbonyl (C=O) groups is 1. The van der Waals surface area contributed by atoms with E-state index < -0.39 is 0 Å². The Kier molecular flexibility index (Phi) is 3.82. The standard InChI is InChI=1S/C16H21N3O2/c1-3-18(4-2)15(20)13-9-7-11-19(13)16-17-12-8-5-6-10-14(12)21-16/h5-6,8,10,13H,3-4,7,9,11H2,1-2H3. The summed E-state index contributed by atoms with van der Waals surface area (Å²) in [4.78, 5) is 21.0. The molecule has 3 rings (SSSR count). The van der Waals surface area contributed by atoms with Crippen molar-refractivity contribution < 1.29 is 9.21 Å². The van der Waals surface area contributed by atoms with E-state index in [4.69, 9.17) is 4.42 Å². The van der Waals surface area contributed by atoms with Crippen LogP contribution in [0, 0.1) is 0 Å². The Balaban J connectivity index is 1.88. The number of anilines is 1. The molecule has 5 heteroatoms. The van der Waals surface area contributed by atoms with E-state index in [0.717, 1.165) is 43.6 Å². The van der Waals surface area contributed by atoms with E-state index >= 15 is 0 Å². The summed E-state index contributed by atoms with van der Waals surface area (Å²) in [6.45, 7) is 6.34. The van der Waals surface area contributed by atoms with E-state index in [-0.39, 0.29) is 11.9 Å². The molecule has 1 aromatic heterocycles. The summed E-state index contributed by atoms with van der Waals surface area (Å²) < 4.78 is 5.82. The average molecular weight is 287 g/mol. The van der Waals surface area contributed by atoms with E-state index in [1.54, 1.807) is 0 Å². The van der Waals surface area contributed by atoms with Crippen molar-refractivity contribution in [3.05, 3.63) is 24.3 Å². The van der Waals surface area contributed by atoms with Gasteiger partial charge in [0.2, 0.25) is 5.91 Å². The van der Waals surface area contributed by atoms with Gasteiger partial charge in [0.15, 0.2) is 5.58 Å². The van der Waals surface area contributed by atoms with E-state index in [9.17, 15) is 4.79 Å². The largest absolute Gasteiger partial charge is 0.423 e. The molecule has 0 spiro atoms. The van der Waals surface area contributed by atoms with Crippen LogP contribution in [0.2, 0.25) is 0 Å². The van der Waals surface area contributed by atoms with E-state index in [1.807, 2.05) is 47.9 Å². The van der Waals surface area contributed by atoms with Crippen molar-refractivity contribution in [1.29, 1.82) is 0 Å². The summed E-state index contributed by atoms with van der Waals surface area (Å²) >= 11 is 0. The van der Waals surface area contributed by atoms with Crippen LogP contribution in [-0.2, 0) is 4.79 Å². The zero-order chi connectivity index (χ0) is 14.8. The van der Waals surface area contributed by atoms with E-state index in [2.05, 4.69) is 4.98 Å². The minimum atomic E-state index is -0.141. The number of aromatic nitrogens is 1. The second-order valence-corrected chi connectivity index (χ2v) is 5.33. The van der Waals surface area contributed by atoms with Crippen molar-refractivity contribution in [3.8, 4) is 0 Å². The first-order valence-corrected chi connectivity index (χ1v) is 7.65. The highest BCUT2D eigenvalue weighted by atomic mass is 16.4. The van der Waals surface area contributed by atoms with Crippen molar-refractivity contribution in [2.45, 2.75) is 32.7 Å².